The molecule has 0 spiro atoms. The summed E-state index contributed by atoms with van der Waals surface area (Å²) in [5, 5.41) is 3.66. The van der Waals surface area contributed by atoms with Crippen LogP contribution in [0.15, 0.2) is 39.8 Å². The van der Waals surface area contributed by atoms with E-state index in [9.17, 15) is 8.42 Å². The number of aryl methyl sites for hydroxylation is 2. The van der Waals surface area contributed by atoms with Crippen LogP contribution in [0.2, 0.25) is 0 Å². The summed E-state index contributed by atoms with van der Waals surface area (Å²) < 4.78 is 37.6. The second-order valence-corrected chi connectivity index (χ2v) is 7.03. The Bertz CT molecular complexity index is 706. The van der Waals surface area contributed by atoms with Crippen molar-refractivity contribution in [1.29, 1.82) is 0 Å². The van der Waals surface area contributed by atoms with E-state index in [1.807, 2.05) is 37.3 Å². The van der Waals surface area contributed by atoms with Gasteiger partial charge in [-0.3, -0.25) is 0 Å². The number of aromatic nitrogens is 1. The molecule has 1 N–H and O–H groups in total. The molecule has 0 aliphatic carbocycles. The molecule has 0 saturated heterocycles. The highest BCUT2D eigenvalue weighted by atomic mass is 32.2. The molecule has 0 radical (unpaired) electrons. The highest BCUT2D eigenvalue weighted by Gasteiger charge is 2.23. The van der Waals surface area contributed by atoms with Gasteiger partial charge in [-0.15, -0.1) is 0 Å². The Hall–Kier alpha value is -1.70. The fraction of sp³-hybridized carbons (Fsp3) is 0.438. The van der Waals surface area contributed by atoms with Gasteiger partial charge in [-0.2, -0.15) is 0 Å². The first-order chi connectivity index (χ1) is 10.9. The van der Waals surface area contributed by atoms with Crippen LogP contribution in [-0.2, 0) is 14.8 Å². The number of hydrogen-bond donors (Lipinski definition) is 1. The fourth-order valence-electron chi connectivity index (χ4n) is 2.29. The van der Waals surface area contributed by atoms with E-state index in [1.165, 1.54) is 0 Å². The van der Waals surface area contributed by atoms with Gasteiger partial charge >= 0.3 is 0 Å². The van der Waals surface area contributed by atoms with E-state index in [1.54, 1.807) is 13.8 Å². The van der Waals surface area contributed by atoms with Gasteiger partial charge in [0.25, 0.3) is 0 Å². The van der Waals surface area contributed by atoms with E-state index in [-0.39, 0.29) is 11.0 Å². The van der Waals surface area contributed by atoms with Crippen LogP contribution in [-0.4, -0.2) is 26.7 Å². The molecular weight excluding hydrogens is 316 g/mol. The van der Waals surface area contributed by atoms with Gasteiger partial charge in [-0.25, -0.2) is 13.1 Å². The number of rotatable bonds is 8. The van der Waals surface area contributed by atoms with Crippen molar-refractivity contribution >= 4 is 10.0 Å². The lowest BCUT2D eigenvalue weighted by Gasteiger charge is -2.13. The smallest absolute Gasteiger partial charge is 0.245 e. The molecule has 1 aromatic heterocycles. The van der Waals surface area contributed by atoms with Gasteiger partial charge in [-0.05, 0) is 32.8 Å². The maximum Gasteiger partial charge on any atom is 0.245 e. The van der Waals surface area contributed by atoms with Crippen LogP contribution >= 0.6 is 0 Å². The number of nitrogens with zero attached hydrogens (tertiary/aromatic N) is 1. The van der Waals surface area contributed by atoms with Crippen LogP contribution in [0.25, 0.3) is 0 Å². The van der Waals surface area contributed by atoms with Crippen LogP contribution in [0.4, 0.5) is 0 Å². The molecule has 0 unspecified atom stereocenters. The summed E-state index contributed by atoms with van der Waals surface area (Å²) in [6, 6.07) is 9.90. The average molecular weight is 338 g/mol. The molecule has 1 atom stereocenters. The van der Waals surface area contributed by atoms with Crippen molar-refractivity contribution in [2.45, 2.75) is 38.2 Å². The maximum atomic E-state index is 12.2. The zero-order valence-corrected chi connectivity index (χ0v) is 14.4. The van der Waals surface area contributed by atoms with E-state index in [0.717, 1.165) is 5.56 Å². The first-order valence-electron chi connectivity index (χ1n) is 7.51. The molecule has 1 aromatic carbocycles. The molecular formula is C16H22N2O4S. The minimum absolute atomic E-state index is 0.0182. The maximum absolute atomic E-state index is 12.2. The average Bonchev–Trinajstić information content (AvgIpc) is 2.87. The largest absolute Gasteiger partial charge is 0.374 e. The summed E-state index contributed by atoms with van der Waals surface area (Å²) in [5.41, 5.74) is 1.47. The van der Waals surface area contributed by atoms with Crippen molar-refractivity contribution in [3.8, 4) is 0 Å². The Balaban J connectivity index is 1.77. The van der Waals surface area contributed by atoms with Crippen molar-refractivity contribution in [3.05, 3.63) is 47.3 Å². The Morgan fingerprint density at radius 2 is 1.96 bits per heavy atom. The Labute approximate surface area is 136 Å². The molecule has 2 rings (SSSR count). The molecule has 0 aliphatic heterocycles. The minimum Gasteiger partial charge on any atom is -0.374 e. The first-order valence-corrected chi connectivity index (χ1v) is 8.99. The van der Waals surface area contributed by atoms with Crippen molar-refractivity contribution in [3.63, 3.8) is 0 Å². The Kier molecular flexibility index (Phi) is 5.92. The van der Waals surface area contributed by atoms with Crippen LogP contribution < -0.4 is 4.72 Å². The molecule has 0 bridgehead atoms. The Morgan fingerprint density at radius 3 is 2.57 bits per heavy atom. The summed E-state index contributed by atoms with van der Waals surface area (Å²) >= 11 is 0. The molecule has 0 aliphatic rings. The van der Waals surface area contributed by atoms with Crippen molar-refractivity contribution in [1.82, 2.24) is 9.88 Å². The number of hydrogen-bond acceptors (Lipinski definition) is 5. The van der Waals surface area contributed by atoms with Gasteiger partial charge in [0, 0.05) is 13.2 Å². The zero-order chi connectivity index (χ0) is 16.9. The minimum atomic E-state index is -3.59. The van der Waals surface area contributed by atoms with E-state index in [4.69, 9.17) is 9.26 Å². The fourth-order valence-corrected chi connectivity index (χ4v) is 3.69. The third-order valence-electron chi connectivity index (χ3n) is 3.49. The van der Waals surface area contributed by atoms with Gasteiger partial charge in [0.15, 0.2) is 5.76 Å². The topological polar surface area (TPSA) is 81.4 Å². The predicted molar refractivity (Wildman–Crippen MR) is 86.6 cm³/mol. The van der Waals surface area contributed by atoms with Crippen LogP contribution in [0.5, 0.6) is 0 Å². The lowest BCUT2D eigenvalue weighted by Crippen LogP contribution is -2.26. The Morgan fingerprint density at radius 1 is 1.26 bits per heavy atom. The molecule has 2 aromatic rings. The summed E-state index contributed by atoms with van der Waals surface area (Å²) in [7, 11) is -3.59. The van der Waals surface area contributed by atoms with Crippen LogP contribution in [0.1, 0.15) is 36.5 Å². The number of ether oxygens (including phenoxy) is 1. The van der Waals surface area contributed by atoms with Crippen molar-refractivity contribution in [2.75, 3.05) is 13.2 Å². The molecule has 7 heteroatoms. The number of sulfonamides is 1. The third kappa shape index (κ3) is 4.63. The second-order valence-electron chi connectivity index (χ2n) is 5.33. The summed E-state index contributed by atoms with van der Waals surface area (Å²) in [5.74, 6) is 0.295. The van der Waals surface area contributed by atoms with Gasteiger partial charge in [0.2, 0.25) is 10.0 Å². The summed E-state index contributed by atoms with van der Waals surface area (Å²) in [6.07, 6.45) is 0.565. The van der Waals surface area contributed by atoms with Crippen LogP contribution in [0, 0.1) is 13.8 Å². The van der Waals surface area contributed by atoms with E-state index < -0.39 is 10.0 Å². The van der Waals surface area contributed by atoms with E-state index in [0.29, 0.717) is 31.0 Å². The SMILES string of the molecule is Cc1noc(C)c1S(=O)(=O)NCCCO[C@@H](C)c1ccccc1. The molecule has 0 fully saturated rings. The summed E-state index contributed by atoms with van der Waals surface area (Å²) in [6.45, 7) is 5.94. The molecule has 6 nitrogen and oxygen atoms in total. The highest BCUT2D eigenvalue weighted by molar-refractivity contribution is 7.89. The standard InChI is InChI=1S/C16H22N2O4S/c1-12-16(14(3)22-18-12)23(19,20)17-10-7-11-21-13(2)15-8-5-4-6-9-15/h4-6,8-9,13,17H,7,10-11H2,1-3H3/t13-/m0/s1. The van der Waals surface area contributed by atoms with E-state index >= 15 is 0 Å². The zero-order valence-electron chi connectivity index (χ0n) is 13.6. The quantitative estimate of drug-likeness (QED) is 0.749. The monoisotopic (exact) mass is 338 g/mol. The molecule has 126 valence electrons. The lowest BCUT2D eigenvalue weighted by atomic mass is 10.1. The van der Waals surface area contributed by atoms with Crippen molar-refractivity contribution in [2.24, 2.45) is 0 Å². The highest BCUT2D eigenvalue weighted by Crippen LogP contribution is 2.18. The molecule has 1 heterocycles. The first kappa shape index (κ1) is 17.7. The molecule has 23 heavy (non-hydrogen) atoms. The summed E-state index contributed by atoms with van der Waals surface area (Å²) in [4.78, 5) is 0.121. The predicted octanol–water partition coefficient (Wildman–Crippen LogP) is 2.74. The molecule has 0 saturated carbocycles. The van der Waals surface area contributed by atoms with E-state index in [2.05, 4.69) is 9.88 Å². The number of nitrogens with one attached hydrogen (secondary N) is 1. The lowest BCUT2D eigenvalue weighted by molar-refractivity contribution is 0.0647. The van der Waals surface area contributed by atoms with Crippen LogP contribution in [0.3, 0.4) is 0 Å². The number of benzene rings is 1. The third-order valence-corrected chi connectivity index (χ3v) is 5.19. The van der Waals surface area contributed by atoms with Gasteiger partial charge in [-0.1, -0.05) is 35.5 Å². The van der Waals surface area contributed by atoms with Crippen molar-refractivity contribution < 1.29 is 17.7 Å². The second kappa shape index (κ2) is 7.72. The van der Waals surface area contributed by atoms with Gasteiger partial charge in [0.05, 0.1) is 6.10 Å². The normalized spacial score (nSPS) is 13.2. The van der Waals surface area contributed by atoms with Gasteiger partial charge in [0.1, 0.15) is 10.6 Å². The molecule has 0 amide bonds. The van der Waals surface area contributed by atoms with Gasteiger partial charge < -0.3 is 9.26 Å².